The van der Waals surface area contributed by atoms with Crippen molar-refractivity contribution in [2.75, 3.05) is 23.8 Å². The second-order valence-corrected chi connectivity index (χ2v) is 7.45. The van der Waals surface area contributed by atoms with Crippen molar-refractivity contribution in [2.24, 2.45) is 0 Å². The van der Waals surface area contributed by atoms with Gasteiger partial charge in [0.1, 0.15) is 11.6 Å². The summed E-state index contributed by atoms with van der Waals surface area (Å²) in [6, 6.07) is 15.1. The van der Waals surface area contributed by atoms with E-state index in [4.69, 9.17) is 10.5 Å². The molecule has 0 unspecified atom stereocenters. The Bertz CT molecular complexity index is 1290. The molecule has 0 aliphatic rings. The van der Waals surface area contributed by atoms with Crippen molar-refractivity contribution < 1.29 is 18.7 Å². The highest BCUT2D eigenvalue weighted by molar-refractivity contribution is 5.97. The van der Waals surface area contributed by atoms with Crippen molar-refractivity contribution in [1.29, 1.82) is 0 Å². The molecule has 34 heavy (non-hydrogen) atoms. The average Bonchev–Trinajstić information content (AvgIpc) is 2.83. The third kappa shape index (κ3) is 5.77. The normalized spacial score (nSPS) is 10.6. The van der Waals surface area contributed by atoms with Crippen LogP contribution in [0.1, 0.15) is 24.5 Å². The number of nitrogens with zero attached hydrogens (tertiary/aromatic N) is 2. The quantitative estimate of drug-likeness (QED) is 0.461. The second kappa shape index (κ2) is 11.1. The van der Waals surface area contributed by atoms with Gasteiger partial charge in [-0.15, -0.1) is 0 Å². The molecule has 10 heteroatoms. The van der Waals surface area contributed by atoms with E-state index in [1.54, 1.807) is 49.4 Å². The van der Waals surface area contributed by atoms with E-state index < -0.39 is 35.5 Å². The van der Waals surface area contributed by atoms with Crippen LogP contribution in [-0.4, -0.2) is 34.6 Å². The first-order valence-corrected chi connectivity index (χ1v) is 10.7. The molecule has 0 spiro atoms. The number of esters is 1. The Morgan fingerprint density at radius 3 is 2.44 bits per heavy atom. The topological polar surface area (TPSA) is 127 Å². The van der Waals surface area contributed by atoms with E-state index in [9.17, 15) is 23.6 Å². The molecule has 0 saturated carbocycles. The molecule has 1 amide bonds. The van der Waals surface area contributed by atoms with Gasteiger partial charge in [0.05, 0.1) is 6.54 Å². The zero-order valence-electron chi connectivity index (χ0n) is 18.6. The lowest BCUT2D eigenvalue weighted by Crippen LogP contribution is -2.42. The number of halogens is 1. The zero-order chi connectivity index (χ0) is 24.7. The lowest BCUT2D eigenvalue weighted by atomic mass is 10.1. The molecule has 3 N–H and O–H groups in total. The van der Waals surface area contributed by atoms with Gasteiger partial charge in [0, 0.05) is 13.0 Å². The van der Waals surface area contributed by atoms with Crippen LogP contribution >= 0.6 is 0 Å². The number of benzene rings is 2. The summed E-state index contributed by atoms with van der Waals surface area (Å²) in [4.78, 5) is 52.9. The zero-order valence-corrected chi connectivity index (χ0v) is 18.6. The summed E-state index contributed by atoms with van der Waals surface area (Å²) in [5, 5.41) is 0. The molecule has 3 rings (SSSR count). The summed E-state index contributed by atoms with van der Waals surface area (Å²) < 4.78 is 19.9. The predicted molar refractivity (Wildman–Crippen MR) is 125 cm³/mol. The van der Waals surface area contributed by atoms with Gasteiger partial charge >= 0.3 is 11.7 Å². The molecule has 0 atom stereocenters. The molecule has 1 heterocycles. The Balaban J connectivity index is 1.72. The van der Waals surface area contributed by atoms with Crippen LogP contribution < -0.4 is 21.9 Å². The lowest BCUT2D eigenvalue weighted by molar-refractivity contribution is -0.147. The number of carbonyl (C=O) groups is 2. The Kier molecular flexibility index (Phi) is 7.96. The summed E-state index contributed by atoms with van der Waals surface area (Å²) in [5.74, 6) is -1.99. The molecule has 178 valence electrons. The molecule has 0 bridgehead atoms. The maximum absolute atomic E-state index is 13.7. The van der Waals surface area contributed by atoms with Crippen LogP contribution in [0.25, 0.3) is 0 Å². The van der Waals surface area contributed by atoms with Crippen LogP contribution in [0, 0.1) is 5.82 Å². The highest BCUT2D eigenvalue weighted by atomic mass is 19.1. The first kappa shape index (κ1) is 24.4. The number of H-pyrrole nitrogens is 1. The molecule has 0 fully saturated rings. The van der Waals surface area contributed by atoms with Crippen LogP contribution in [0.2, 0.25) is 0 Å². The van der Waals surface area contributed by atoms with Gasteiger partial charge in [-0.1, -0.05) is 48.5 Å². The number of anilines is 2. The number of nitrogen functional groups attached to an aromatic ring is 1. The summed E-state index contributed by atoms with van der Waals surface area (Å²) in [7, 11) is 0. The van der Waals surface area contributed by atoms with Crippen molar-refractivity contribution in [1.82, 2.24) is 9.55 Å². The van der Waals surface area contributed by atoms with Crippen LogP contribution in [0.5, 0.6) is 0 Å². The van der Waals surface area contributed by atoms with Gasteiger partial charge in [-0.05, 0) is 30.5 Å². The van der Waals surface area contributed by atoms with E-state index in [1.165, 1.54) is 6.07 Å². The number of aryl methyl sites for hydroxylation is 1. The SMILES string of the molecule is CCN(C(=O)COC(=O)CCc1ccccc1F)c1c(N)n(Cc2ccccc2)c(=O)[nH]c1=O. The maximum atomic E-state index is 13.7. The summed E-state index contributed by atoms with van der Waals surface area (Å²) >= 11 is 0. The monoisotopic (exact) mass is 468 g/mol. The minimum atomic E-state index is -0.826. The van der Waals surface area contributed by atoms with Gasteiger partial charge in [0.15, 0.2) is 12.3 Å². The Hall–Kier alpha value is -4.21. The summed E-state index contributed by atoms with van der Waals surface area (Å²) in [6.07, 6.45) is -0.000726. The molecular weight excluding hydrogens is 443 g/mol. The third-order valence-corrected chi connectivity index (χ3v) is 5.20. The van der Waals surface area contributed by atoms with Crippen LogP contribution in [-0.2, 0) is 27.3 Å². The van der Waals surface area contributed by atoms with Crippen LogP contribution in [0.3, 0.4) is 0 Å². The van der Waals surface area contributed by atoms with E-state index in [0.29, 0.717) is 5.56 Å². The van der Waals surface area contributed by atoms with E-state index in [0.717, 1.165) is 15.0 Å². The standard InChI is InChI=1S/C24H25FN4O5/c1-2-28(19(30)15-34-20(31)13-12-17-10-6-7-11-18(17)25)21-22(26)29(24(33)27-23(21)32)14-16-8-4-3-5-9-16/h3-11H,2,12-15,26H2,1H3,(H,27,32,33). The summed E-state index contributed by atoms with van der Waals surface area (Å²) in [5.41, 5.74) is 5.53. The smallest absolute Gasteiger partial charge is 0.330 e. The van der Waals surface area contributed by atoms with E-state index in [2.05, 4.69) is 4.98 Å². The number of nitrogens with one attached hydrogen (secondary N) is 1. The lowest BCUT2D eigenvalue weighted by Gasteiger charge is -2.23. The Morgan fingerprint density at radius 1 is 1.09 bits per heavy atom. The Labute approximate surface area is 194 Å². The number of amides is 1. The third-order valence-electron chi connectivity index (χ3n) is 5.20. The number of rotatable bonds is 9. The van der Waals surface area contributed by atoms with Gasteiger partial charge in [-0.2, -0.15) is 0 Å². The first-order chi connectivity index (χ1) is 16.3. The molecule has 3 aromatic rings. The fraction of sp³-hybridized carbons (Fsp3) is 0.250. The van der Waals surface area contributed by atoms with Gasteiger partial charge in [0.2, 0.25) is 0 Å². The van der Waals surface area contributed by atoms with Crippen molar-refractivity contribution in [3.63, 3.8) is 0 Å². The van der Waals surface area contributed by atoms with Crippen molar-refractivity contribution in [3.05, 3.63) is 92.4 Å². The number of carbonyl (C=O) groups excluding carboxylic acids is 2. The molecule has 0 radical (unpaired) electrons. The Morgan fingerprint density at radius 2 is 1.76 bits per heavy atom. The van der Waals surface area contributed by atoms with Crippen molar-refractivity contribution >= 4 is 23.4 Å². The molecule has 2 aromatic carbocycles. The molecule has 0 aliphatic heterocycles. The van der Waals surface area contributed by atoms with Crippen LogP contribution in [0.15, 0.2) is 64.2 Å². The average molecular weight is 468 g/mol. The maximum Gasteiger partial charge on any atom is 0.330 e. The van der Waals surface area contributed by atoms with E-state index >= 15 is 0 Å². The number of nitrogens with two attached hydrogens (primary N) is 1. The highest BCUT2D eigenvalue weighted by Crippen LogP contribution is 2.18. The van der Waals surface area contributed by atoms with Crippen molar-refractivity contribution in [2.45, 2.75) is 26.3 Å². The number of aromatic amines is 1. The highest BCUT2D eigenvalue weighted by Gasteiger charge is 2.24. The minimum absolute atomic E-state index is 0.0441. The van der Waals surface area contributed by atoms with Gasteiger partial charge in [-0.25, -0.2) is 9.18 Å². The number of aromatic nitrogens is 2. The predicted octanol–water partition coefficient (Wildman–Crippen LogP) is 1.84. The first-order valence-electron chi connectivity index (χ1n) is 10.7. The molecule has 9 nitrogen and oxygen atoms in total. The fourth-order valence-corrected chi connectivity index (χ4v) is 3.45. The number of hydrogen-bond donors (Lipinski definition) is 2. The number of hydrogen-bond acceptors (Lipinski definition) is 6. The van der Waals surface area contributed by atoms with Crippen molar-refractivity contribution in [3.8, 4) is 0 Å². The number of ether oxygens (including phenoxy) is 1. The van der Waals surface area contributed by atoms with E-state index in [-0.39, 0.29) is 37.4 Å². The minimum Gasteiger partial charge on any atom is -0.456 e. The second-order valence-electron chi connectivity index (χ2n) is 7.45. The van der Waals surface area contributed by atoms with Gasteiger partial charge in [-0.3, -0.25) is 23.9 Å². The number of likely N-dealkylation sites (N-methyl/N-ethyl adjacent to an activating group) is 1. The van der Waals surface area contributed by atoms with Gasteiger partial charge < -0.3 is 15.4 Å². The van der Waals surface area contributed by atoms with E-state index in [1.807, 2.05) is 6.07 Å². The van der Waals surface area contributed by atoms with Gasteiger partial charge in [0.25, 0.3) is 11.5 Å². The molecular formula is C24H25FN4O5. The summed E-state index contributed by atoms with van der Waals surface area (Å²) in [6.45, 7) is 1.11. The molecule has 1 aromatic heterocycles. The van der Waals surface area contributed by atoms with Crippen LogP contribution in [0.4, 0.5) is 15.9 Å². The molecule has 0 saturated heterocycles. The largest absolute Gasteiger partial charge is 0.456 e. The molecule has 0 aliphatic carbocycles. The fourth-order valence-electron chi connectivity index (χ4n) is 3.45.